The molecule has 3 rings (SSSR count). The summed E-state index contributed by atoms with van der Waals surface area (Å²) in [5.41, 5.74) is 1.24. The molecule has 1 fully saturated rings. The van der Waals surface area contributed by atoms with Crippen molar-refractivity contribution in [1.29, 1.82) is 0 Å². The molecule has 0 spiro atoms. The third-order valence-corrected chi connectivity index (χ3v) is 4.05. The number of carbonyl (C=O) groups excluding carboxylic acids is 1. The number of carbonyl (C=O) groups is 1. The Morgan fingerprint density at radius 2 is 2.29 bits per heavy atom. The first kappa shape index (κ1) is 16.3. The van der Waals surface area contributed by atoms with Crippen LogP contribution in [0.1, 0.15) is 40.9 Å². The first-order valence-corrected chi connectivity index (χ1v) is 8.13. The molecule has 7 nitrogen and oxygen atoms in total. The molecule has 1 aliphatic heterocycles. The van der Waals surface area contributed by atoms with Gasteiger partial charge in [0.2, 0.25) is 0 Å². The number of hydrogen-bond acceptors (Lipinski definition) is 6. The molecule has 0 aromatic carbocycles. The summed E-state index contributed by atoms with van der Waals surface area (Å²) in [6, 6.07) is 7.38. The van der Waals surface area contributed by atoms with Crippen LogP contribution in [0.3, 0.4) is 0 Å². The zero-order valence-corrected chi connectivity index (χ0v) is 14.0. The van der Waals surface area contributed by atoms with Gasteiger partial charge in [-0.15, -0.1) is 0 Å². The predicted octanol–water partition coefficient (Wildman–Crippen LogP) is 1.61. The van der Waals surface area contributed by atoms with Crippen LogP contribution in [-0.2, 0) is 6.54 Å². The van der Waals surface area contributed by atoms with Gasteiger partial charge in [-0.05, 0) is 31.5 Å². The normalized spacial score (nSPS) is 16.8. The Bertz CT molecular complexity index is 699. The number of anilines is 1. The molecule has 3 heterocycles. The molecule has 24 heavy (non-hydrogen) atoms. The molecule has 2 N–H and O–H groups in total. The minimum Gasteiger partial charge on any atom is -0.373 e. The van der Waals surface area contributed by atoms with Crippen molar-refractivity contribution in [3.05, 3.63) is 47.7 Å². The fraction of sp³-hybridized carbons (Fsp3) is 0.412. The molecule has 0 bridgehead atoms. The van der Waals surface area contributed by atoms with E-state index in [0.29, 0.717) is 12.2 Å². The maximum Gasteiger partial charge on any atom is 0.272 e. The van der Waals surface area contributed by atoms with E-state index >= 15 is 0 Å². The molecule has 1 aliphatic rings. The predicted molar refractivity (Wildman–Crippen MR) is 91.6 cm³/mol. The largest absolute Gasteiger partial charge is 0.373 e. The van der Waals surface area contributed by atoms with E-state index in [4.69, 9.17) is 0 Å². The number of amides is 1. The molecule has 1 atom stereocenters. The van der Waals surface area contributed by atoms with Crippen LogP contribution in [0.25, 0.3) is 0 Å². The van der Waals surface area contributed by atoms with E-state index in [9.17, 15) is 4.79 Å². The van der Waals surface area contributed by atoms with Gasteiger partial charge < -0.3 is 15.5 Å². The first-order chi connectivity index (χ1) is 11.7. The number of nitrogens with one attached hydrogen (secondary N) is 2. The summed E-state index contributed by atoms with van der Waals surface area (Å²) >= 11 is 0. The number of pyridine rings is 1. The molecular formula is C17H22N6O. The lowest BCUT2D eigenvalue weighted by atomic mass is 10.2. The van der Waals surface area contributed by atoms with Crippen molar-refractivity contribution in [3.63, 3.8) is 0 Å². The summed E-state index contributed by atoms with van der Waals surface area (Å²) < 4.78 is 0. The first-order valence-electron chi connectivity index (χ1n) is 8.13. The topological polar surface area (TPSA) is 83.0 Å². The number of hydrogen-bond donors (Lipinski definition) is 2. The Labute approximate surface area is 141 Å². The molecule has 0 radical (unpaired) electrons. The van der Waals surface area contributed by atoms with Gasteiger partial charge in [-0.25, -0.2) is 9.97 Å². The van der Waals surface area contributed by atoms with Gasteiger partial charge in [0.25, 0.3) is 5.91 Å². The van der Waals surface area contributed by atoms with Gasteiger partial charge in [0, 0.05) is 26.4 Å². The third-order valence-electron chi connectivity index (χ3n) is 4.05. The second-order valence-electron chi connectivity index (χ2n) is 5.88. The summed E-state index contributed by atoms with van der Waals surface area (Å²) in [6.07, 6.45) is 3.79. The van der Waals surface area contributed by atoms with Crippen LogP contribution in [0.4, 0.5) is 5.82 Å². The van der Waals surface area contributed by atoms with Crippen LogP contribution >= 0.6 is 0 Å². The summed E-state index contributed by atoms with van der Waals surface area (Å²) in [6.45, 7) is 1.40. The monoisotopic (exact) mass is 326 g/mol. The second-order valence-corrected chi connectivity index (χ2v) is 5.88. The van der Waals surface area contributed by atoms with Gasteiger partial charge in [0.15, 0.2) is 0 Å². The van der Waals surface area contributed by atoms with Crippen LogP contribution in [0, 0.1) is 0 Å². The van der Waals surface area contributed by atoms with Gasteiger partial charge >= 0.3 is 0 Å². The Morgan fingerprint density at radius 3 is 2.96 bits per heavy atom. The summed E-state index contributed by atoms with van der Waals surface area (Å²) in [5, 5.41) is 6.48. The van der Waals surface area contributed by atoms with Crippen molar-refractivity contribution in [1.82, 2.24) is 25.2 Å². The molecule has 126 valence electrons. The van der Waals surface area contributed by atoms with E-state index in [1.54, 1.807) is 30.3 Å². The molecular weight excluding hydrogens is 304 g/mol. The number of aromatic nitrogens is 3. The van der Waals surface area contributed by atoms with E-state index in [-0.39, 0.29) is 11.9 Å². The van der Waals surface area contributed by atoms with Crippen molar-refractivity contribution < 1.29 is 4.79 Å². The minimum absolute atomic E-state index is 0.124. The Morgan fingerprint density at radius 1 is 1.42 bits per heavy atom. The molecule has 0 unspecified atom stereocenters. The van der Waals surface area contributed by atoms with Crippen LogP contribution < -0.4 is 10.6 Å². The van der Waals surface area contributed by atoms with E-state index < -0.39 is 0 Å². The highest BCUT2D eigenvalue weighted by molar-refractivity contribution is 5.91. The Kier molecular flexibility index (Phi) is 5.00. The molecule has 2 aromatic heterocycles. The quantitative estimate of drug-likeness (QED) is 0.868. The highest BCUT2D eigenvalue weighted by Crippen LogP contribution is 2.22. The van der Waals surface area contributed by atoms with Gasteiger partial charge in [0.05, 0.1) is 18.3 Å². The van der Waals surface area contributed by atoms with Crippen molar-refractivity contribution in [2.24, 2.45) is 0 Å². The fourth-order valence-corrected chi connectivity index (χ4v) is 2.79. The van der Waals surface area contributed by atoms with Crippen LogP contribution in [0.2, 0.25) is 0 Å². The lowest BCUT2D eigenvalue weighted by Crippen LogP contribution is -2.28. The van der Waals surface area contributed by atoms with Gasteiger partial charge in [-0.2, -0.15) is 0 Å². The molecule has 0 saturated carbocycles. The van der Waals surface area contributed by atoms with Crippen molar-refractivity contribution in [3.8, 4) is 0 Å². The van der Waals surface area contributed by atoms with E-state index in [1.165, 1.54) is 0 Å². The van der Waals surface area contributed by atoms with Gasteiger partial charge in [-0.1, -0.05) is 6.07 Å². The smallest absolute Gasteiger partial charge is 0.272 e. The third kappa shape index (κ3) is 3.68. The fourth-order valence-electron chi connectivity index (χ4n) is 2.79. The van der Waals surface area contributed by atoms with Gasteiger partial charge in [-0.3, -0.25) is 9.78 Å². The van der Waals surface area contributed by atoms with Crippen LogP contribution in [0.5, 0.6) is 0 Å². The molecule has 7 heteroatoms. The van der Waals surface area contributed by atoms with Crippen molar-refractivity contribution >= 4 is 11.7 Å². The zero-order valence-electron chi connectivity index (χ0n) is 14.0. The van der Waals surface area contributed by atoms with E-state index in [2.05, 4.69) is 25.6 Å². The minimum atomic E-state index is -0.124. The van der Waals surface area contributed by atoms with Crippen molar-refractivity contribution in [2.75, 3.05) is 26.0 Å². The second kappa shape index (κ2) is 7.35. The maximum absolute atomic E-state index is 12.4. The summed E-state index contributed by atoms with van der Waals surface area (Å²) in [4.78, 5) is 27.4. The number of nitrogens with zero attached hydrogens (tertiary/aromatic N) is 4. The molecule has 1 saturated heterocycles. The van der Waals surface area contributed by atoms with E-state index in [1.807, 2.05) is 19.2 Å². The van der Waals surface area contributed by atoms with E-state index in [0.717, 1.165) is 36.7 Å². The Hall–Kier alpha value is -2.54. The lowest BCUT2D eigenvalue weighted by molar-refractivity contribution is 0.0777. The number of rotatable bonds is 5. The van der Waals surface area contributed by atoms with Crippen LogP contribution in [-0.4, -0.2) is 46.4 Å². The highest BCUT2D eigenvalue weighted by atomic mass is 16.2. The average molecular weight is 326 g/mol. The summed E-state index contributed by atoms with van der Waals surface area (Å²) in [7, 11) is 3.59. The molecule has 2 aromatic rings. The zero-order chi connectivity index (χ0) is 16.9. The van der Waals surface area contributed by atoms with Gasteiger partial charge in [0.1, 0.15) is 17.3 Å². The lowest BCUT2D eigenvalue weighted by Gasteiger charge is -2.18. The summed E-state index contributed by atoms with van der Waals surface area (Å²) in [5.74, 6) is 1.43. The maximum atomic E-state index is 12.4. The molecule has 1 amide bonds. The standard InChI is InChI=1S/C17H22N6O/c1-18-15-10-12(21-16(22-15)13-7-5-9-19-13)11-23(2)17(24)14-6-3-4-8-20-14/h3-4,6,8,10,13,19H,5,7,9,11H2,1-2H3,(H,18,21,22)/t13-/m0/s1. The van der Waals surface area contributed by atoms with Crippen molar-refractivity contribution in [2.45, 2.75) is 25.4 Å². The van der Waals surface area contributed by atoms with Crippen LogP contribution in [0.15, 0.2) is 30.5 Å². The molecule has 0 aliphatic carbocycles. The average Bonchev–Trinajstić information content (AvgIpc) is 3.16. The highest BCUT2D eigenvalue weighted by Gasteiger charge is 2.21. The Balaban J connectivity index is 1.78. The SMILES string of the molecule is CNc1cc(CN(C)C(=O)c2ccccn2)nc([C@@H]2CCCN2)n1.